The maximum atomic E-state index is 12.7. The second-order valence-electron chi connectivity index (χ2n) is 16.7. The van der Waals surface area contributed by atoms with Crippen molar-refractivity contribution in [3.05, 3.63) is 85.1 Å². The summed E-state index contributed by atoms with van der Waals surface area (Å²) in [6, 6.07) is -0.735. The van der Waals surface area contributed by atoms with Crippen LogP contribution in [-0.2, 0) is 28.6 Å². The van der Waals surface area contributed by atoms with E-state index in [0.717, 1.165) is 83.5 Å². The Morgan fingerprint density at radius 3 is 1.50 bits per heavy atom. The molecule has 0 radical (unpaired) electrons. The average Bonchev–Trinajstić information content (AvgIpc) is 3.21. The predicted octanol–water partition coefficient (Wildman–Crippen LogP) is 12.0. The lowest BCUT2D eigenvalue weighted by molar-refractivity contribution is -0.889. The van der Waals surface area contributed by atoms with E-state index in [0.29, 0.717) is 12.8 Å². The number of unbranched alkanes of at least 4 members (excludes halogenated alkanes) is 16. The Morgan fingerprint density at radius 1 is 0.517 bits per heavy atom. The van der Waals surface area contributed by atoms with Gasteiger partial charge in [0.25, 0.3) is 0 Å². The van der Waals surface area contributed by atoms with Crippen molar-refractivity contribution in [2.75, 3.05) is 41.0 Å². The zero-order valence-corrected chi connectivity index (χ0v) is 38.8. The van der Waals surface area contributed by atoms with Crippen molar-refractivity contribution in [1.82, 2.24) is 0 Å². The maximum absolute atomic E-state index is 12.7. The van der Waals surface area contributed by atoms with Crippen LogP contribution in [0.2, 0.25) is 0 Å². The predicted molar refractivity (Wildman–Crippen MR) is 249 cm³/mol. The van der Waals surface area contributed by atoms with Crippen LogP contribution in [0.15, 0.2) is 85.1 Å². The first-order chi connectivity index (χ1) is 29.1. The van der Waals surface area contributed by atoms with Crippen LogP contribution in [0.1, 0.15) is 174 Å². The normalized spacial score (nSPS) is 13.7. The fourth-order valence-corrected chi connectivity index (χ4v) is 6.51. The van der Waals surface area contributed by atoms with Gasteiger partial charge >= 0.3 is 11.9 Å². The van der Waals surface area contributed by atoms with Crippen molar-refractivity contribution in [3.8, 4) is 0 Å². The summed E-state index contributed by atoms with van der Waals surface area (Å²) in [6.45, 7) is 4.38. The summed E-state index contributed by atoms with van der Waals surface area (Å²) in [4.78, 5) is 36.9. The topological polar surface area (TPSA) is 102 Å². The van der Waals surface area contributed by atoms with Crippen molar-refractivity contribution < 1.29 is 38.2 Å². The summed E-state index contributed by atoms with van der Waals surface area (Å²) >= 11 is 0. The van der Waals surface area contributed by atoms with Crippen LogP contribution in [0.25, 0.3) is 0 Å². The molecule has 0 aliphatic rings. The third-order valence-corrected chi connectivity index (χ3v) is 10.1. The Labute approximate surface area is 367 Å². The Balaban J connectivity index is 4.30. The lowest BCUT2D eigenvalue weighted by Gasteiger charge is -2.34. The molecule has 60 heavy (non-hydrogen) atoms. The summed E-state index contributed by atoms with van der Waals surface area (Å²) in [5.74, 6) is -1.78. The van der Waals surface area contributed by atoms with E-state index in [4.69, 9.17) is 14.2 Å². The SMILES string of the molecule is CC/C=C/C=C/C=C/C=C/CCCCCCCC(=O)OC(COCCC(C(=O)[O-])[N+](C)(C)C)COC(=O)CCCCCCCCCCCCC/C=C/C/C=C/C/C=C/CC. The van der Waals surface area contributed by atoms with Gasteiger partial charge in [-0.3, -0.25) is 9.59 Å². The number of rotatable bonds is 41. The van der Waals surface area contributed by atoms with E-state index >= 15 is 0 Å². The Bertz CT molecular complexity index is 1250. The van der Waals surface area contributed by atoms with E-state index in [9.17, 15) is 19.5 Å². The number of carboxylic acid groups (broad SMARTS) is 1. The first-order valence-corrected chi connectivity index (χ1v) is 23.7. The van der Waals surface area contributed by atoms with Crippen molar-refractivity contribution in [2.24, 2.45) is 0 Å². The first-order valence-electron chi connectivity index (χ1n) is 23.7. The van der Waals surface area contributed by atoms with E-state index < -0.39 is 18.1 Å². The van der Waals surface area contributed by atoms with Crippen LogP contribution >= 0.6 is 0 Å². The zero-order chi connectivity index (χ0) is 44.2. The highest BCUT2D eigenvalue weighted by molar-refractivity contribution is 5.70. The minimum atomic E-state index is -1.13. The van der Waals surface area contributed by atoms with Crippen LogP contribution in [0.5, 0.6) is 0 Å². The fourth-order valence-electron chi connectivity index (χ4n) is 6.51. The van der Waals surface area contributed by atoms with Gasteiger partial charge in [-0.15, -0.1) is 0 Å². The number of esters is 2. The lowest BCUT2D eigenvalue weighted by Crippen LogP contribution is -2.55. The molecular weight excluding hydrogens is 751 g/mol. The Kier molecular flexibility index (Phi) is 39.8. The summed E-state index contributed by atoms with van der Waals surface area (Å²) in [5, 5.41) is 11.6. The summed E-state index contributed by atoms with van der Waals surface area (Å²) in [5.41, 5.74) is 0. The molecule has 8 nitrogen and oxygen atoms in total. The van der Waals surface area contributed by atoms with Crippen LogP contribution in [0, 0.1) is 0 Å². The molecule has 0 rings (SSSR count). The van der Waals surface area contributed by atoms with E-state index in [1.807, 2.05) is 30.4 Å². The molecule has 0 aromatic heterocycles. The number of ether oxygens (including phenoxy) is 3. The highest BCUT2D eigenvalue weighted by Gasteiger charge is 2.25. The van der Waals surface area contributed by atoms with Crippen LogP contribution in [0.4, 0.5) is 0 Å². The molecule has 0 aromatic carbocycles. The molecule has 342 valence electrons. The molecule has 0 spiro atoms. The molecule has 2 atom stereocenters. The Morgan fingerprint density at radius 2 is 0.967 bits per heavy atom. The van der Waals surface area contributed by atoms with Gasteiger partial charge < -0.3 is 28.6 Å². The molecule has 0 amide bonds. The number of quaternary nitrogens is 1. The first kappa shape index (κ1) is 56.5. The highest BCUT2D eigenvalue weighted by Crippen LogP contribution is 2.14. The zero-order valence-electron chi connectivity index (χ0n) is 38.8. The van der Waals surface area contributed by atoms with Gasteiger partial charge in [-0.2, -0.15) is 0 Å². The second kappa shape index (κ2) is 42.2. The average molecular weight is 838 g/mol. The molecule has 0 heterocycles. The van der Waals surface area contributed by atoms with Crippen molar-refractivity contribution >= 4 is 17.9 Å². The number of hydrogen-bond acceptors (Lipinski definition) is 7. The molecule has 0 aliphatic carbocycles. The quantitative estimate of drug-likeness (QED) is 0.0199. The smallest absolute Gasteiger partial charge is 0.306 e. The third-order valence-electron chi connectivity index (χ3n) is 10.1. The van der Waals surface area contributed by atoms with E-state index in [-0.39, 0.29) is 42.7 Å². The molecule has 0 aromatic rings. The number of likely N-dealkylation sites (N-methyl/N-ethyl adjacent to an activating group) is 1. The van der Waals surface area contributed by atoms with Crippen molar-refractivity contribution in [2.45, 2.75) is 187 Å². The monoisotopic (exact) mass is 838 g/mol. The van der Waals surface area contributed by atoms with Gasteiger partial charge in [0, 0.05) is 19.3 Å². The van der Waals surface area contributed by atoms with Gasteiger partial charge in [0.15, 0.2) is 6.10 Å². The van der Waals surface area contributed by atoms with Gasteiger partial charge in [0.05, 0.1) is 40.3 Å². The largest absolute Gasteiger partial charge is 0.544 e. The summed E-state index contributed by atoms with van der Waals surface area (Å²) in [7, 11) is 5.39. The molecule has 0 bridgehead atoms. The van der Waals surface area contributed by atoms with Gasteiger partial charge in [-0.05, 0) is 64.2 Å². The number of carbonyl (C=O) groups excluding carboxylic acids is 3. The summed E-state index contributed by atoms with van der Waals surface area (Å²) in [6.07, 6.45) is 54.7. The maximum Gasteiger partial charge on any atom is 0.306 e. The molecular formula is C52H87NO7. The molecule has 0 aliphatic heterocycles. The molecule has 2 unspecified atom stereocenters. The summed E-state index contributed by atoms with van der Waals surface area (Å²) < 4.78 is 17.2. The number of aliphatic carboxylic acids is 1. The van der Waals surface area contributed by atoms with E-state index in [2.05, 4.69) is 68.5 Å². The molecule has 0 saturated carbocycles. The minimum absolute atomic E-state index is 0.0258. The number of nitrogens with zero attached hydrogens (tertiary/aromatic N) is 1. The molecule has 0 fully saturated rings. The van der Waals surface area contributed by atoms with Crippen LogP contribution in [0.3, 0.4) is 0 Å². The Hall–Kier alpha value is -3.49. The fraction of sp³-hybridized carbons (Fsp3) is 0.673. The third kappa shape index (κ3) is 39.9. The number of hydrogen-bond donors (Lipinski definition) is 0. The van der Waals surface area contributed by atoms with Crippen LogP contribution < -0.4 is 5.11 Å². The van der Waals surface area contributed by atoms with Gasteiger partial charge in [0.2, 0.25) is 0 Å². The van der Waals surface area contributed by atoms with E-state index in [1.165, 1.54) is 57.8 Å². The van der Waals surface area contributed by atoms with Gasteiger partial charge in [-0.1, -0.05) is 176 Å². The molecule has 0 saturated heterocycles. The highest BCUT2D eigenvalue weighted by atomic mass is 16.6. The van der Waals surface area contributed by atoms with Crippen LogP contribution in [-0.4, -0.2) is 75.5 Å². The van der Waals surface area contributed by atoms with Gasteiger partial charge in [-0.25, -0.2) is 0 Å². The van der Waals surface area contributed by atoms with Crippen molar-refractivity contribution in [3.63, 3.8) is 0 Å². The number of carbonyl (C=O) groups is 3. The minimum Gasteiger partial charge on any atom is -0.544 e. The standard InChI is InChI=1S/C52H87NO7/c1-6-8-10-12-14-16-18-20-22-23-24-25-26-27-29-30-32-34-36-38-40-42-50(54)59-47-48(46-58-45-44-49(52(56)57)53(3,4)5)60-51(55)43-41-39-37-35-33-31-28-21-19-17-15-13-11-9-7-2/h8-11,13-17,19-22,28,48-49H,6-7,12,18,23-27,29-47H2,1-5H3/b10-8+,11-9+,15-13+,16-14+,19-17+,22-20+,28-21+. The molecule has 8 heteroatoms. The second-order valence-corrected chi connectivity index (χ2v) is 16.7. The van der Waals surface area contributed by atoms with E-state index in [1.54, 1.807) is 21.1 Å². The molecule has 0 N–H and O–H groups in total. The van der Waals surface area contributed by atoms with Crippen molar-refractivity contribution in [1.29, 1.82) is 0 Å². The lowest BCUT2D eigenvalue weighted by atomic mass is 10.0. The van der Waals surface area contributed by atoms with Gasteiger partial charge in [0.1, 0.15) is 12.6 Å². The number of allylic oxidation sites excluding steroid dienone is 14. The number of carboxylic acids is 1.